The van der Waals surface area contributed by atoms with Gasteiger partial charge >= 0.3 is 6.01 Å². The SMILES string of the molecule is C=C(F)C(=O)Nc1ccc(-c2cc3c(c4c5c([nH]cnc=5n2C)=NC4)CC(F)=C(Oc2nccc(C)n2)C=3)c(F)c1. The second-order valence-corrected chi connectivity index (χ2v) is 9.49. The van der Waals surface area contributed by atoms with Crippen molar-refractivity contribution in [2.24, 2.45) is 12.0 Å². The number of carbonyl (C=O) groups excluding carboxylic acids is 1. The summed E-state index contributed by atoms with van der Waals surface area (Å²) >= 11 is 0. The number of H-pyrrole nitrogens is 1. The number of halogens is 3. The molecule has 6 rings (SSSR count). The third kappa shape index (κ3) is 4.73. The summed E-state index contributed by atoms with van der Waals surface area (Å²) in [5.74, 6) is -3.54. The van der Waals surface area contributed by atoms with E-state index >= 15 is 8.78 Å². The van der Waals surface area contributed by atoms with E-state index in [-0.39, 0.29) is 29.4 Å². The third-order valence-electron chi connectivity index (χ3n) is 6.84. The van der Waals surface area contributed by atoms with Gasteiger partial charge in [-0.15, -0.1) is 0 Å². The number of aromatic nitrogens is 5. The van der Waals surface area contributed by atoms with Crippen LogP contribution in [-0.4, -0.2) is 30.4 Å². The van der Waals surface area contributed by atoms with Crippen LogP contribution >= 0.6 is 0 Å². The zero-order chi connectivity index (χ0) is 28.8. The van der Waals surface area contributed by atoms with Gasteiger partial charge in [0.25, 0.3) is 5.91 Å². The molecule has 9 nitrogen and oxygen atoms in total. The molecule has 0 atom stereocenters. The Morgan fingerprint density at radius 2 is 2.00 bits per heavy atom. The van der Waals surface area contributed by atoms with Gasteiger partial charge in [0.1, 0.15) is 22.6 Å². The molecule has 4 heterocycles. The van der Waals surface area contributed by atoms with Gasteiger partial charge in [-0.1, -0.05) is 6.58 Å². The Balaban J connectivity index is 1.61. The maximum atomic E-state index is 15.6. The maximum Gasteiger partial charge on any atom is 0.322 e. The minimum absolute atomic E-state index is 0.00259. The number of benzene rings is 1. The summed E-state index contributed by atoms with van der Waals surface area (Å²) in [5.41, 5.74) is 3.77. The number of carbonyl (C=O) groups is 1. The van der Waals surface area contributed by atoms with Crippen LogP contribution in [0.3, 0.4) is 0 Å². The molecule has 206 valence electrons. The standard InChI is InChI=1S/C29H22F3N7O2/c1-14-6-7-33-29(37-14)41-24-9-16-8-23(18-5-4-17(10-21(18)31)38-28(40)15(2)30)39(3)27-25-20(19(16)11-22(24)32)12-34-26(25)35-13-36-27/h4-10,13H,2,11-12H2,1,3H3,(H,38,40)(H,34,35,36). The van der Waals surface area contributed by atoms with E-state index < -0.39 is 23.4 Å². The van der Waals surface area contributed by atoms with E-state index in [4.69, 9.17) is 4.74 Å². The molecule has 41 heavy (non-hydrogen) atoms. The van der Waals surface area contributed by atoms with Crippen LogP contribution in [0.1, 0.15) is 16.8 Å². The van der Waals surface area contributed by atoms with E-state index in [1.54, 1.807) is 30.7 Å². The summed E-state index contributed by atoms with van der Waals surface area (Å²) in [6.07, 6.45) is 4.44. The van der Waals surface area contributed by atoms with Gasteiger partial charge in [-0.25, -0.2) is 28.1 Å². The summed E-state index contributed by atoms with van der Waals surface area (Å²) < 4.78 is 51.7. The lowest BCUT2D eigenvalue weighted by Crippen LogP contribution is -2.21. The summed E-state index contributed by atoms with van der Waals surface area (Å²) in [6, 6.07) is 7.39. The Labute approximate surface area is 230 Å². The van der Waals surface area contributed by atoms with Crippen LogP contribution in [-0.2, 0) is 24.8 Å². The predicted molar refractivity (Wildman–Crippen MR) is 143 cm³/mol. The van der Waals surface area contributed by atoms with Crippen LogP contribution in [0.4, 0.5) is 18.9 Å². The molecule has 1 aliphatic carbocycles. The number of hydrogen-bond donors (Lipinski definition) is 2. The van der Waals surface area contributed by atoms with Crippen molar-refractivity contribution in [1.82, 2.24) is 24.5 Å². The lowest BCUT2D eigenvalue weighted by atomic mass is 9.97. The normalized spacial score (nSPS) is 13.3. The number of rotatable bonds is 5. The van der Waals surface area contributed by atoms with Crippen molar-refractivity contribution in [1.29, 1.82) is 0 Å². The molecule has 0 unspecified atom stereocenters. The summed E-state index contributed by atoms with van der Waals surface area (Å²) in [4.78, 5) is 32.1. The molecule has 2 aromatic rings. The van der Waals surface area contributed by atoms with Crippen molar-refractivity contribution < 1.29 is 22.7 Å². The zero-order valence-corrected chi connectivity index (χ0v) is 21.9. The van der Waals surface area contributed by atoms with E-state index in [1.165, 1.54) is 30.7 Å². The lowest BCUT2D eigenvalue weighted by molar-refractivity contribution is -0.114. The second kappa shape index (κ2) is 10.0. The van der Waals surface area contributed by atoms with Crippen molar-refractivity contribution in [3.63, 3.8) is 0 Å². The van der Waals surface area contributed by atoms with E-state index in [1.807, 2.05) is 0 Å². The lowest BCUT2D eigenvalue weighted by Gasteiger charge is -2.17. The van der Waals surface area contributed by atoms with Crippen LogP contribution in [0.5, 0.6) is 6.01 Å². The van der Waals surface area contributed by atoms with E-state index in [0.29, 0.717) is 44.9 Å². The van der Waals surface area contributed by atoms with Gasteiger partial charge in [0.05, 0.1) is 23.8 Å². The molecule has 3 aliphatic heterocycles. The van der Waals surface area contributed by atoms with Crippen molar-refractivity contribution in [3.05, 3.63) is 111 Å². The first-order valence-corrected chi connectivity index (χ1v) is 12.5. The highest BCUT2D eigenvalue weighted by Crippen LogP contribution is 2.27. The quantitative estimate of drug-likeness (QED) is 0.364. The number of nitrogens with one attached hydrogen (secondary N) is 2. The van der Waals surface area contributed by atoms with E-state index in [2.05, 4.69) is 36.8 Å². The van der Waals surface area contributed by atoms with Crippen LogP contribution in [0.25, 0.3) is 17.3 Å². The molecule has 0 fully saturated rings. The van der Waals surface area contributed by atoms with Crippen LogP contribution < -0.4 is 20.8 Å². The first kappa shape index (κ1) is 26.0. The first-order valence-electron chi connectivity index (χ1n) is 12.5. The highest BCUT2D eigenvalue weighted by molar-refractivity contribution is 6.01. The van der Waals surface area contributed by atoms with Gasteiger partial charge in [-0.05, 0) is 59.7 Å². The average Bonchev–Trinajstić information content (AvgIpc) is 3.37. The first-order chi connectivity index (χ1) is 19.7. The molecule has 0 bridgehead atoms. The third-order valence-corrected chi connectivity index (χ3v) is 6.84. The Hall–Kier alpha value is -5.26. The molecular weight excluding hydrogens is 535 g/mol. The number of fused-ring (bicyclic) bond motifs is 2. The fourth-order valence-electron chi connectivity index (χ4n) is 4.87. The Kier molecular flexibility index (Phi) is 6.37. The molecule has 0 radical (unpaired) electrons. The second-order valence-electron chi connectivity index (χ2n) is 9.49. The van der Waals surface area contributed by atoms with Crippen LogP contribution in [0, 0.1) is 23.4 Å². The number of amides is 1. The van der Waals surface area contributed by atoms with Gasteiger partial charge in [0.15, 0.2) is 11.6 Å². The van der Waals surface area contributed by atoms with Gasteiger partial charge in [-0.2, -0.15) is 0 Å². The average molecular weight is 558 g/mol. The molecule has 2 N–H and O–H groups in total. The largest absolute Gasteiger partial charge is 0.421 e. The monoisotopic (exact) mass is 557 g/mol. The Morgan fingerprint density at radius 1 is 1.17 bits per heavy atom. The van der Waals surface area contributed by atoms with E-state index in [9.17, 15) is 9.18 Å². The van der Waals surface area contributed by atoms with Gasteiger partial charge in [-0.3, -0.25) is 9.79 Å². The summed E-state index contributed by atoms with van der Waals surface area (Å²) in [5, 5.41) is 3.52. The fourth-order valence-corrected chi connectivity index (χ4v) is 4.87. The molecule has 1 aromatic heterocycles. The van der Waals surface area contributed by atoms with Gasteiger partial charge < -0.3 is 19.6 Å². The van der Waals surface area contributed by atoms with Crippen molar-refractivity contribution in [3.8, 4) is 17.3 Å². The number of allylic oxidation sites excluding steroid dienone is 2. The maximum absolute atomic E-state index is 15.6. The molecular formula is C29H22F3N7O2. The number of anilines is 1. The number of aromatic amines is 1. The highest BCUT2D eigenvalue weighted by atomic mass is 19.1. The van der Waals surface area contributed by atoms with Crippen molar-refractivity contribution in [2.75, 3.05) is 5.32 Å². The zero-order valence-electron chi connectivity index (χ0n) is 21.9. The predicted octanol–water partition coefficient (Wildman–Crippen LogP) is 3.65. The number of aryl methyl sites for hydroxylation is 1. The molecule has 0 spiro atoms. The number of nitrogens with zero attached hydrogens (tertiary/aromatic N) is 5. The summed E-state index contributed by atoms with van der Waals surface area (Å²) in [6.45, 7) is 5.02. The highest BCUT2D eigenvalue weighted by Gasteiger charge is 2.22. The Bertz CT molecular complexity index is 2060. The van der Waals surface area contributed by atoms with E-state index in [0.717, 1.165) is 11.6 Å². The minimum atomic E-state index is -1.20. The molecule has 1 amide bonds. The number of ether oxygens (including phenoxy) is 1. The number of hydrogen-bond acceptors (Lipinski definition) is 6. The molecule has 4 aliphatic rings. The van der Waals surface area contributed by atoms with Crippen LogP contribution in [0.2, 0.25) is 0 Å². The van der Waals surface area contributed by atoms with Crippen molar-refractivity contribution >= 4 is 17.7 Å². The van der Waals surface area contributed by atoms with Crippen molar-refractivity contribution in [2.45, 2.75) is 19.9 Å². The molecule has 0 saturated heterocycles. The topological polar surface area (TPSA) is 110 Å². The Morgan fingerprint density at radius 3 is 2.76 bits per heavy atom. The minimum Gasteiger partial charge on any atom is -0.421 e. The smallest absolute Gasteiger partial charge is 0.322 e. The van der Waals surface area contributed by atoms with Gasteiger partial charge in [0.2, 0.25) is 0 Å². The molecule has 12 heteroatoms. The molecule has 0 saturated carbocycles. The van der Waals surface area contributed by atoms with Gasteiger partial charge in [0, 0.05) is 36.6 Å². The summed E-state index contributed by atoms with van der Waals surface area (Å²) in [7, 11) is 1.73. The van der Waals surface area contributed by atoms with Crippen LogP contribution in [0.15, 0.2) is 71.8 Å². The molecule has 1 aromatic carbocycles. The fraction of sp³-hybridized carbons (Fsp3) is 0.138.